The fourth-order valence-electron chi connectivity index (χ4n) is 3.39. The Hall–Kier alpha value is -0.900. The van der Waals surface area contributed by atoms with Crippen molar-refractivity contribution in [2.45, 2.75) is 70.8 Å². The molecule has 4 nitrogen and oxygen atoms in total. The van der Waals surface area contributed by atoms with Gasteiger partial charge in [-0.3, -0.25) is 0 Å². The topological polar surface area (TPSA) is 59.2 Å². The summed E-state index contributed by atoms with van der Waals surface area (Å²) in [6.07, 6.45) is 7.41. The summed E-state index contributed by atoms with van der Waals surface area (Å²) in [5.74, 6) is 4.04. The summed E-state index contributed by atoms with van der Waals surface area (Å²) in [4.78, 5) is 4.52. The quantitative estimate of drug-likeness (QED) is 0.897. The molecule has 0 bridgehead atoms. The molecule has 2 saturated carbocycles. The summed E-state index contributed by atoms with van der Waals surface area (Å²) in [5, 5.41) is 14.1. The van der Waals surface area contributed by atoms with E-state index in [0.29, 0.717) is 24.1 Å². The van der Waals surface area contributed by atoms with E-state index in [1.807, 2.05) is 0 Å². The highest BCUT2D eigenvalue weighted by Crippen LogP contribution is 2.38. The van der Waals surface area contributed by atoms with E-state index in [-0.39, 0.29) is 6.10 Å². The summed E-state index contributed by atoms with van der Waals surface area (Å²) in [6, 6.07) is 0. The first kappa shape index (κ1) is 14.1. The van der Waals surface area contributed by atoms with Gasteiger partial charge in [-0.25, -0.2) is 0 Å². The maximum Gasteiger partial charge on any atom is 0.229 e. The second-order valence-corrected chi connectivity index (χ2v) is 7.01. The van der Waals surface area contributed by atoms with Crippen molar-refractivity contribution >= 4 is 0 Å². The normalized spacial score (nSPS) is 28.8. The Labute approximate surface area is 121 Å². The summed E-state index contributed by atoms with van der Waals surface area (Å²) >= 11 is 0. The van der Waals surface area contributed by atoms with Gasteiger partial charge in [0.25, 0.3) is 0 Å². The van der Waals surface area contributed by atoms with Crippen LogP contribution < -0.4 is 0 Å². The molecule has 0 aromatic carbocycles. The Bertz CT molecular complexity index is 431. The van der Waals surface area contributed by atoms with Crippen LogP contribution in [0.15, 0.2) is 4.52 Å². The molecule has 0 spiro atoms. The van der Waals surface area contributed by atoms with Crippen LogP contribution in [0, 0.1) is 17.8 Å². The van der Waals surface area contributed by atoms with Crippen LogP contribution in [0.2, 0.25) is 0 Å². The molecule has 1 aromatic rings. The molecule has 0 aliphatic heterocycles. The Morgan fingerprint density at radius 1 is 1.10 bits per heavy atom. The van der Waals surface area contributed by atoms with Crippen LogP contribution in [0.4, 0.5) is 0 Å². The monoisotopic (exact) mass is 278 g/mol. The van der Waals surface area contributed by atoms with E-state index in [1.54, 1.807) is 0 Å². The van der Waals surface area contributed by atoms with Gasteiger partial charge in [-0.15, -0.1) is 0 Å². The van der Waals surface area contributed by atoms with Crippen LogP contribution in [0.5, 0.6) is 0 Å². The summed E-state index contributed by atoms with van der Waals surface area (Å²) in [7, 11) is 0. The zero-order valence-corrected chi connectivity index (χ0v) is 12.6. The van der Waals surface area contributed by atoms with Crippen LogP contribution in [0.3, 0.4) is 0 Å². The van der Waals surface area contributed by atoms with E-state index < -0.39 is 0 Å². The van der Waals surface area contributed by atoms with Crippen molar-refractivity contribution in [2.75, 3.05) is 0 Å². The lowest BCUT2D eigenvalue weighted by molar-refractivity contribution is 0.140. The molecule has 0 saturated heterocycles. The Kier molecular flexibility index (Phi) is 4.11. The Morgan fingerprint density at radius 3 is 2.35 bits per heavy atom. The van der Waals surface area contributed by atoms with E-state index in [1.165, 1.54) is 25.7 Å². The first-order chi connectivity index (χ1) is 9.63. The number of aromatic nitrogens is 2. The lowest BCUT2D eigenvalue weighted by Crippen LogP contribution is -2.18. The minimum Gasteiger partial charge on any atom is -0.392 e. The van der Waals surface area contributed by atoms with E-state index >= 15 is 0 Å². The van der Waals surface area contributed by atoms with Crippen molar-refractivity contribution < 1.29 is 9.63 Å². The van der Waals surface area contributed by atoms with Crippen LogP contribution in [-0.4, -0.2) is 21.4 Å². The first-order valence-electron chi connectivity index (χ1n) is 8.14. The predicted octanol–water partition coefficient (Wildman–Crippen LogP) is 3.31. The molecule has 2 aliphatic rings. The maximum atomic E-state index is 9.93. The number of aliphatic hydroxyl groups excluding tert-OH is 1. The zero-order chi connectivity index (χ0) is 14.1. The van der Waals surface area contributed by atoms with Crippen molar-refractivity contribution in [3.05, 3.63) is 11.7 Å². The number of rotatable bonds is 5. The fraction of sp³-hybridized carbons (Fsp3) is 0.875. The predicted molar refractivity (Wildman–Crippen MR) is 76.3 cm³/mol. The molecule has 2 aliphatic carbocycles. The SMILES string of the molecule is CC(C)C1CCC(c2noc(CC(O)C3CC3)n2)CC1. The van der Waals surface area contributed by atoms with E-state index in [9.17, 15) is 5.11 Å². The fourth-order valence-corrected chi connectivity index (χ4v) is 3.39. The molecule has 1 N–H and O–H groups in total. The molecule has 1 heterocycles. The van der Waals surface area contributed by atoms with Gasteiger partial charge in [-0.05, 0) is 56.3 Å². The second kappa shape index (κ2) is 5.84. The van der Waals surface area contributed by atoms with Crippen LogP contribution in [-0.2, 0) is 6.42 Å². The summed E-state index contributed by atoms with van der Waals surface area (Å²) < 4.78 is 5.32. The third-order valence-electron chi connectivity index (χ3n) is 5.11. The number of aliphatic hydroxyl groups is 1. The molecule has 1 atom stereocenters. The van der Waals surface area contributed by atoms with Gasteiger partial charge in [0.05, 0.1) is 12.5 Å². The molecule has 1 unspecified atom stereocenters. The average Bonchev–Trinajstić information content (AvgIpc) is 3.20. The van der Waals surface area contributed by atoms with Gasteiger partial charge in [-0.2, -0.15) is 4.98 Å². The third-order valence-corrected chi connectivity index (χ3v) is 5.11. The highest BCUT2D eigenvalue weighted by Gasteiger charge is 2.32. The minimum atomic E-state index is -0.292. The molecular weight excluding hydrogens is 252 g/mol. The van der Waals surface area contributed by atoms with Crippen molar-refractivity contribution in [3.63, 3.8) is 0 Å². The number of hydrogen-bond acceptors (Lipinski definition) is 4. The highest BCUT2D eigenvalue weighted by molar-refractivity contribution is 4.99. The molecule has 0 amide bonds. The van der Waals surface area contributed by atoms with Gasteiger partial charge in [0, 0.05) is 5.92 Å². The van der Waals surface area contributed by atoms with Gasteiger partial charge in [0.2, 0.25) is 5.89 Å². The molecule has 3 rings (SSSR count). The smallest absolute Gasteiger partial charge is 0.229 e. The van der Waals surface area contributed by atoms with Crippen molar-refractivity contribution in [3.8, 4) is 0 Å². The van der Waals surface area contributed by atoms with E-state index in [2.05, 4.69) is 24.0 Å². The Morgan fingerprint density at radius 2 is 1.75 bits per heavy atom. The van der Waals surface area contributed by atoms with Crippen LogP contribution >= 0.6 is 0 Å². The molecule has 4 heteroatoms. The first-order valence-corrected chi connectivity index (χ1v) is 8.14. The number of hydrogen-bond donors (Lipinski definition) is 1. The van der Waals surface area contributed by atoms with Gasteiger partial charge >= 0.3 is 0 Å². The molecule has 20 heavy (non-hydrogen) atoms. The minimum absolute atomic E-state index is 0.292. The lowest BCUT2D eigenvalue weighted by atomic mass is 9.77. The highest BCUT2D eigenvalue weighted by atomic mass is 16.5. The largest absolute Gasteiger partial charge is 0.392 e. The zero-order valence-electron chi connectivity index (χ0n) is 12.6. The maximum absolute atomic E-state index is 9.93. The van der Waals surface area contributed by atoms with E-state index in [4.69, 9.17) is 4.52 Å². The van der Waals surface area contributed by atoms with E-state index in [0.717, 1.165) is 30.5 Å². The molecule has 1 aromatic heterocycles. The van der Waals surface area contributed by atoms with Crippen molar-refractivity contribution in [1.82, 2.24) is 10.1 Å². The second-order valence-electron chi connectivity index (χ2n) is 7.01. The van der Waals surface area contributed by atoms with Gasteiger partial charge < -0.3 is 9.63 Å². The lowest BCUT2D eigenvalue weighted by Gasteiger charge is -2.29. The van der Waals surface area contributed by atoms with Gasteiger partial charge in [0.1, 0.15) is 0 Å². The third kappa shape index (κ3) is 3.22. The van der Waals surface area contributed by atoms with Gasteiger partial charge in [-0.1, -0.05) is 19.0 Å². The number of nitrogens with zero attached hydrogens (tertiary/aromatic N) is 2. The molecule has 2 fully saturated rings. The van der Waals surface area contributed by atoms with Gasteiger partial charge in [0.15, 0.2) is 5.82 Å². The Balaban J connectivity index is 1.54. The molecule has 0 radical (unpaired) electrons. The molecule has 112 valence electrons. The van der Waals surface area contributed by atoms with Crippen molar-refractivity contribution in [2.24, 2.45) is 17.8 Å². The summed E-state index contributed by atoms with van der Waals surface area (Å²) in [5.41, 5.74) is 0. The summed E-state index contributed by atoms with van der Waals surface area (Å²) in [6.45, 7) is 4.63. The van der Waals surface area contributed by atoms with Crippen LogP contribution in [0.25, 0.3) is 0 Å². The standard InChI is InChI=1S/C16H26N2O2/c1-10(2)11-3-7-13(8-4-11)16-17-15(20-18-16)9-14(19)12-5-6-12/h10-14,19H,3-9H2,1-2H3. The van der Waals surface area contributed by atoms with Crippen LogP contribution in [0.1, 0.15) is 70.0 Å². The molecular formula is C16H26N2O2. The average molecular weight is 278 g/mol. The van der Waals surface area contributed by atoms with Crippen molar-refractivity contribution in [1.29, 1.82) is 0 Å².